The summed E-state index contributed by atoms with van der Waals surface area (Å²) < 4.78 is 7.36. The first kappa shape index (κ1) is 9.52. The molecular formula is C10H17N3O. The molecule has 4 heteroatoms. The van der Waals surface area contributed by atoms with Crippen LogP contribution >= 0.6 is 0 Å². The van der Waals surface area contributed by atoms with E-state index in [1.54, 1.807) is 0 Å². The van der Waals surface area contributed by atoms with E-state index < -0.39 is 0 Å². The third kappa shape index (κ3) is 1.90. The predicted molar refractivity (Wildman–Crippen MR) is 55.1 cm³/mol. The minimum Gasteiger partial charge on any atom is -0.384 e. The van der Waals surface area contributed by atoms with Crippen molar-refractivity contribution in [2.24, 2.45) is 0 Å². The Hall–Kier alpha value is -1.03. The maximum Gasteiger partial charge on any atom is 0.122 e. The van der Waals surface area contributed by atoms with Gasteiger partial charge in [-0.05, 0) is 26.2 Å². The summed E-state index contributed by atoms with van der Waals surface area (Å²) in [6.45, 7) is 3.67. The second-order valence-corrected chi connectivity index (χ2v) is 3.85. The molecule has 2 N–H and O–H groups in total. The standard InChI is InChI=1S/C10H17N3O/c1-8-7-10(11)13(12-8)9-3-2-5-14-6-4-9/h7,9H,2-6,11H2,1H3. The molecule has 1 saturated heterocycles. The minimum absolute atomic E-state index is 0.422. The average molecular weight is 195 g/mol. The van der Waals surface area contributed by atoms with Crippen LogP contribution in [0.3, 0.4) is 0 Å². The van der Waals surface area contributed by atoms with Crippen molar-refractivity contribution in [3.63, 3.8) is 0 Å². The van der Waals surface area contributed by atoms with Gasteiger partial charge in [-0.25, -0.2) is 4.68 Å². The number of anilines is 1. The lowest BCUT2D eigenvalue weighted by molar-refractivity contribution is 0.141. The number of nitrogens with zero attached hydrogens (tertiary/aromatic N) is 2. The molecule has 0 saturated carbocycles. The Morgan fingerprint density at radius 3 is 3.07 bits per heavy atom. The smallest absolute Gasteiger partial charge is 0.122 e. The van der Waals surface area contributed by atoms with Crippen LogP contribution in [0, 0.1) is 6.92 Å². The quantitative estimate of drug-likeness (QED) is 0.739. The lowest BCUT2D eigenvalue weighted by Crippen LogP contribution is -2.13. The zero-order valence-corrected chi connectivity index (χ0v) is 8.57. The van der Waals surface area contributed by atoms with Gasteiger partial charge >= 0.3 is 0 Å². The van der Waals surface area contributed by atoms with Crippen LogP contribution in [0.4, 0.5) is 5.82 Å². The molecule has 2 rings (SSSR count). The molecule has 0 bridgehead atoms. The van der Waals surface area contributed by atoms with E-state index in [0.29, 0.717) is 6.04 Å². The molecule has 0 radical (unpaired) electrons. The van der Waals surface area contributed by atoms with Crippen LogP contribution < -0.4 is 5.73 Å². The highest BCUT2D eigenvalue weighted by atomic mass is 16.5. The summed E-state index contributed by atoms with van der Waals surface area (Å²) in [5, 5.41) is 4.41. The number of ether oxygens (including phenoxy) is 1. The number of rotatable bonds is 1. The minimum atomic E-state index is 0.422. The Morgan fingerprint density at radius 1 is 1.50 bits per heavy atom. The molecule has 1 aromatic heterocycles. The Bertz CT molecular complexity index is 300. The first-order valence-electron chi connectivity index (χ1n) is 5.17. The molecule has 14 heavy (non-hydrogen) atoms. The maximum atomic E-state index is 5.88. The van der Waals surface area contributed by atoms with E-state index in [2.05, 4.69) is 5.10 Å². The normalized spacial score (nSPS) is 23.4. The predicted octanol–water partition coefficient (Wildman–Crippen LogP) is 1.52. The van der Waals surface area contributed by atoms with Crippen LogP contribution in [0.15, 0.2) is 6.07 Å². The van der Waals surface area contributed by atoms with Gasteiger partial charge in [0.05, 0.1) is 11.7 Å². The zero-order valence-electron chi connectivity index (χ0n) is 8.57. The summed E-state index contributed by atoms with van der Waals surface area (Å²) in [5.41, 5.74) is 6.88. The van der Waals surface area contributed by atoms with E-state index in [-0.39, 0.29) is 0 Å². The van der Waals surface area contributed by atoms with E-state index in [1.165, 1.54) is 0 Å². The molecule has 1 aliphatic heterocycles. The first-order chi connectivity index (χ1) is 6.77. The largest absolute Gasteiger partial charge is 0.384 e. The Morgan fingerprint density at radius 2 is 2.36 bits per heavy atom. The molecule has 4 nitrogen and oxygen atoms in total. The molecule has 0 spiro atoms. The van der Waals surface area contributed by atoms with E-state index in [1.807, 2.05) is 17.7 Å². The molecular weight excluding hydrogens is 178 g/mol. The number of aromatic nitrogens is 2. The Labute approximate surface area is 84.0 Å². The first-order valence-corrected chi connectivity index (χ1v) is 5.17. The lowest BCUT2D eigenvalue weighted by atomic mass is 10.1. The van der Waals surface area contributed by atoms with Crippen molar-refractivity contribution in [3.05, 3.63) is 11.8 Å². The number of nitrogens with two attached hydrogens (primary N) is 1. The number of nitrogen functional groups attached to an aromatic ring is 1. The molecule has 1 fully saturated rings. The molecule has 1 aromatic rings. The summed E-state index contributed by atoms with van der Waals surface area (Å²) >= 11 is 0. The summed E-state index contributed by atoms with van der Waals surface area (Å²) in [5.74, 6) is 0.773. The van der Waals surface area contributed by atoms with Crippen LogP contribution in [-0.2, 0) is 4.74 Å². The molecule has 2 heterocycles. The van der Waals surface area contributed by atoms with Crippen LogP contribution in [0.5, 0.6) is 0 Å². The number of hydrogen-bond donors (Lipinski definition) is 1. The maximum absolute atomic E-state index is 5.88. The van der Waals surface area contributed by atoms with Gasteiger partial charge in [0.25, 0.3) is 0 Å². The van der Waals surface area contributed by atoms with Crippen molar-refractivity contribution in [1.82, 2.24) is 9.78 Å². The van der Waals surface area contributed by atoms with E-state index in [9.17, 15) is 0 Å². The van der Waals surface area contributed by atoms with Crippen molar-refractivity contribution in [2.75, 3.05) is 18.9 Å². The van der Waals surface area contributed by atoms with Crippen molar-refractivity contribution in [1.29, 1.82) is 0 Å². The molecule has 1 atom stereocenters. The summed E-state index contributed by atoms with van der Waals surface area (Å²) in [6, 6.07) is 2.34. The summed E-state index contributed by atoms with van der Waals surface area (Å²) in [4.78, 5) is 0. The van der Waals surface area contributed by atoms with Crippen molar-refractivity contribution in [2.45, 2.75) is 32.2 Å². The van der Waals surface area contributed by atoms with Gasteiger partial charge in [-0.1, -0.05) is 0 Å². The van der Waals surface area contributed by atoms with Gasteiger partial charge < -0.3 is 10.5 Å². The van der Waals surface area contributed by atoms with Crippen LogP contribution in [0.2, 0.25) is 0 Å². The fraction of sp³-hybridized carbons (Fsp3) is 0.700. The second-order valence-electron chi connectivity index (χ2n) is 3.85. The third-order valence-electron chi connectivity index (χ3n) is 2.65. The zero-order chi connectivity index (χ0) is 9.97. The molecule has 0 amide bonds. The van der Waals surface area contributed by atoms with Crippen molar-refractivity contribution < 1.29 is 4.74 Å². The second kappa shape index (κ2) is 4.00. The Balaban J connectivity index is 2.15. The highest BCUT2D eigenvalue weighted by Crippen LogP contribution is 2.23. The van der Waals surface area contributed by atoms with Gasteiger partial charge in [-0.2, -0.15) is 5.10 Å². The molecule has 0 aliphatic carbocycles. The van der Waals surface area contributed by atoms with Gasteiger partial charge in [0.1, 0.15) is 5.82 Å². The summed E-state index contributed by atoms with van der Waals surface area (Å²) in [6.07, 6.45) is 3.24. The number of aryl methyl sites for hydroxylation is 1. The van der Waals surface area contributed by atoms with Crippen LogP contribution in [0.25, 0.3) is 0 Å². The fourth-order valence-corrected chi connectivity index (χ4v) is 1.96. The van der Waals surface area contributed by atoms with Gasteiger partial charge in [0.15, 0.2) is 0 Å². The highest BCUT2D eigenvalue weighted by Gasteiger charge is 2.17. The number of hydrogen-bond acceptors (Lipinski definition) is 3. The molecule has 0 aromatic carbocycles. The molecule has 78 valence electrons. The van der Waals surface area contributed by atoms with Gasteiger partial charge in [-0.3, -0.25) is 0 Å². The monoisotopic (exact) mass is 195 g/mol. The molecule has 1 aliphatic rings. The fourth-order valence-electron chi connectivity index (χ4n) is 1.96. The van der Waals surface area contributed by atoms with E-state index >= 15 is 0 Å². The van der Waals surface area contributed by atoms with E-state index in [4.69, 9.17) is 10.5 Å². The van der Waals surface area contributed by atoms with Gasteiger partial charge in [-0.15, -0.1) is 0 Å². The van der Waals surface area contributed by atoms with Crippen LogP contribution in [0.1, 0.15) is 31.0 Å². The van der Waals surface area contributed by atoms with Crippen molar-refractivity contribution >= 4 is 5.82 Å². The highest BCUT2D eigenvalue weighted by molar-refractivity contribution is 5.30. The van der Waals surface area contributed by atoms with Gasteiger partial charge in [0, 0.05) is 19.3 Å². The lowest BCUT2D eigenvalue weighted by Gasteiger charge is -2.15. The third-order valence-corrected chi connectivity index (χ3v) is 2.65. The van der Waals surface area contributed by atoms with E-state index in [0.717, 1.165) is 44.0 Å². The van der Waals surface area contributed by atoms with Crippen LogP contribution in [-0.4, -0.2) is 23.0 Å². The van der Waals surface area contributed by atoms with Crippen molar-refractivity contribution in [3.8, 4) is 0 Å². The SMILES string of the molecule is Cc1cc(N)n(C2CCCOCC2)n1. The summed E-state index contributed by atoms with van der Waals surface area (Å²) in [7, 11) is 0. The van der Waals surface area contributed by atoms with Gasteiger partial charge in [0.2, 0.25) is 0 Å². The Kier molecular flexibility index (Phi) is 2.72. The topological polar surface area (TPSA) is 53.1 Å². The molecule has 1 unspecified atom stereocenters. The average Bonchev–Trinajstić information content (AvgIpc) is 2.43.